The summed E-state index contributed by atoms with van der Waals surface area (Å²) in [4.78, 5) is 14.9. The van der Waals surface area contributed by atoms with Crippen LogP contribution in [0.25, 0.3) is 10.9 Å². The number of fused-ring (bicyclic) bond motifs is 1. The lowest BCUT2D eigenvalue weighted by molar-refractivity contribution is 0.415. The maximum atomic E-state index is 12.0. The van der Waals surface area contributed by atoms with Crippen molar-refractivity contribution >= 4 is 22.3 Å². The van der Waals surface area contributed by atoms with Gasteiger partial charge in [-0.15, -0.1) is 0 Å². The Morgan fingerprint density at radius 2 is 1.80 bits per heavy atom. The van der Waals surface area contributed by atoms with Crippen LogP contribution in [0.4, 0.5) is 11.4 Å². The van der Waals surface area contributed by atoms with Crippen molar-refractivity contribution in [3.8, 4) is 5.75 Å². The zero-order valence-electron chi connectivity index (χ0n) is 11.0. The number of ether oxygens (including phenoxy) is 1. The van der Waals surface area contributed by atoms with Gasteiger partial charge in [0.05, 0.1) is 7.11 Å². The fourth-order valence-corrected chi connectivity index (χ4v) is 2.07. The molecule has 0 radical (unpaired) electrons. The Kier molecular flexibility index (Phi) is 3.13. The van der Waals surface area contributed by atoms with Gasteiger partial charge in [-0.2, -0.15) is 0 Å². The smallest absolute Gasteiger partial charge is 0.272 e. The van der Waals surface area contributed by atoms with Gasteiger partial charge in [0.15, 0.2) is 0 Å². The quantitative estimate of drug-likeness (QED) is 0.765. The van der Waals surface area contributed by atoms with Crippen molar-refractivity contribution in [2.24, 2.45) is 0 Å². The minimum absolute atomic E-state index is 0.139. The summed E-state index contributed by atoms with van der Waals surface area (Å²) < 4.78 is 5.11. The molecular weight excluding hydrogens is 252 g/mol. The number of methoxy groups -OCH3 is 1. The van der Waals surface area contributed by atoms with E-state index in [1.165, 1.54) is 0 Å². The first-order valence-electron chi connectivity index (χ1n) is 6.29. The molecule has 0 spiro atoms. The molecule has 20 heavy (non-hydrogen) atoms. The number of hydrogen-bond acceptors (Lipinski definition) is 3. The highest BCUT2D eigenvalue weighted by Gasteiger charge is 2.03. The fraction of sp³-hybridized carbons (Fsp3) is 0.0625. The molecule has 0 fully saturated rings. The maximum Gasteiger partial charge on any atom is 0.272 e. The van der Waals surface area contributed by atoms with Crippen molar-refractivity contribution in [2.75, 3.05) is 12.4 Å². The third-order valence-electron chi connectivity index (χ3n) is 3.12. The summed E-state index contributed by atoms with van der Waals surface area (Å²) in [5.74, 6) is 0.781. The van der Waals surface area contributed by atoms with E-state index < -0.39 is 0 Å². The fourth-order valence-electron chi connectivity index (χ4n) is 2.07. The lowest BCUT2D eigenvalue weighted by atomic mass is 10.2. The van der Waals surface area contributed by atoms with Crippen molar-refractivity contribution < 1.29 is 4.74 Å². The number of pyridine rings is 1. The summed E-state index contributed by atoms with van der Waals surface area (Å²) in [7, 11) is 1.62. The largest absolute Gasteiger partial charge is 0.497 e. The number of nitrogens with one attached hydrogen (secondary N) is 2. The van der Waals surface area contributed by atoms with Gasteiger partial charge in [-0.05, 0) is 36.4 Å². The van der Waals surface area contributed by atoms with Gasteiger partial charge in [0.1, 0.15) is 11.4 Å². The van der Waals surface area contributed by atoms with Gasteiger partial charge < -0.3 is 15.0 Å². The summed E-state index contributed by atoms with van der Waals surface area (Å²) in [6.45, 7) is 0. The van der Waals surface area contributed by atoms with Crippen molar-refractivity contribution in [1.29, 1.82) is 0 Å². The zero-order valence-corrected chi connectivity index (χ0v) is 11.0. The highest BCUT2D eigenvalue weighted by molar-refractivity contribution is 5.82. The molecule has 3 aromatic rings. The van der Waals surface area contributed by atoms with E-state index in [1.54, 1.807) is 7.11 Å². The number of aromatic amines is 1. The molecule has 0 saturated heterocycles. The second kappa shape index (κ2) is 5.09. The summed E-state index contributed by atoms with van der Waals surface area (Å²) in [6, 6.07) is 17.0. The number of anilines is 2. The Morgan fingerprint density at radius 3 is 2.55 bits per heavy atom. The van der Waals surface area contributed by atoms with Crippen LogP contribution in [0, 0.1) is 0 Å². The summed E-state index contributed by atoms with van der Waals surface area (Å²) in [6.07, 6.45) is 0. The highest BCUT2D eigenvalue weighted by atomic mass is 16.5. The Balaban J connectivity index is 1.97. The van der Waals surface area contributed by atoms with E-state index >= 15 is 0 Å². The van der Waals surface area contributed by atoms with E-state index in [4.69, 9.17) is 4.74 Å². The molecule has 1 aromatic heterocycles. The second-order valence-corrected chi connectivity index (χ2v) is 4.45. The Bertz CT molecular complexity index is 791. The molecule has 0 amide bonds. The van der Waals surface area contributed by atoms with Crippen LogP contribution in [-0.2, 0) is 0 Å². The van der Waals surface area contributed by atoms with Crippen LogP contribution in [0.1, 0.15) is 0 Å². The molecule has 0 bridgehead atoms. The molecule has 1 heterocycles. The van der Waals surface area contributed by atoms with Crippen LogP contribution in [0.5, 0.6) is 5.75 Å². The Hall–Kier alpha value is -2.75. The summed E-state index contributed by atoms with van der Waals surface area (Å²) >= 11 is 0. The molecule has 0 saturated carbocycles. The van der Waals surface area contributed by atoms with Gasteiger partial charge in [0.25, 0.3) is 5.56 Å². The van der Waals surface area contributed by atoms with Gasteiger partial charge in [0, 0.05) is 16.6 Å². The molecular formula is C16H14N2O2. The van der Waals surface area contributed by atoms with Gasteiger partial charge in [-0.3, -0.25) is 4.79 Å². The predicted octanol–water partition coefficient (Wildman–Crippen LogP) is 3.28. The molecule has 3 rings (SSSR count). The average Bonchev–Trinajstić information content (AvgIpc) is 2.49. The summed E-state index contributed by atoms with van der Waals surface area (Å²) in [5.41, 5.74) is 2.05. The van der Waals surface area contributed by atoms with Crippen LogP contribution < -0.4 is 15.6 Å². The van der Waals surface area contributed by atoms with E-state index in [2.05, 4.69) is 10.3 Å². The van der Waals surface area contributed by atoms with Gasteiger partial charge >= 0.3 is 0 Å². The Morgan fingerprint density at radius 1 is 1.05 bits per heavy atom. The molecule has 0 unspecified atom stereocenters. The Labute approximate surface area is 116 Å². The lowest BCUT2D eigenvalue weighted by Gasteiger charge is -2.07. The lowest BCUT2D eigenvalue weighted by Crippen LogP contribution is -2.11. The van der Waals surface area contributed by atoms with E-state index in [0.29, 0.717) is 5.69 Å². The van der Waals surface area contributed by atoms with Crippen molar-refractivity contribution in [3.63, 3.8) is 0 Å². The van der Waals surface area contributed by atoms with Crippen LogP contribution in [0.2, 0.25) is 0 Å². The second-order valence-electron chi connectivity index (χ2n) is 4.45. The standard InChI is InChI=1S/C16H14N2O2/c1-20-13-8-6-12(7-9-13)17-15-10-11-4-2-3-5-14(11)18-16(15)19/h2-10,17H,1H3,(H,18,19). The molecule has 0 aliphatic heterocycles. The first-order chi connectivity index (χ1) is 9.76. The number of para-hydroxylation sites is 1. The van der Waals surface area contributed by atoms with Crippen LogP contribution in [-0.4, -0.2) is 12.1 Å². The molecule has 2 N–H and O–H groups in total. The minimum Gasteiger partial charge on any atom is -0.497 e. The molecule has 4 heteroatoms. The van der Waals surface area contributed by atoms with Crippen molar-refractivity contribution in [1.82, 2.24) is 4.98 Å². The van der Waals surface area contributed by atoms with E-state index in [1.807, 2.05) is 54.6 Å². The first kappa shape index (κ1) is 12.3. The van der Waals surface area contributed by atoms with Crippen LogP contribution in [0.3, 0.4) is 0 Å². The van der Waals surface area contributed by atoms with E-state index in [-0.39, 0.29) is 5.56 Å². The normalized spacial score (nSPS) is 10.4. The SMILES string of the molecule is COc1ccc(Nc2cc3ccccc3[nH]c2=O)cc1. The minimum atomic E-state index is -0.139. The summed E-state index contributed by atoms with van der Waals surface area (Å²) in [5, 5.41) is 4.11. The maximum absolute atomic E-state index is 12.0. The number of hydrogen-bond donors (Lipinski definition) is 2. The average molecular weight is 266 g/mol. The number of H-pyrrole nitrogens is 1. The molecule has 100 valence electrons. The third-order valence-corrected chi connectivity index (χ3v) is 3.12. The number of benzene rings is 2. The number of rotatable bonds is 3. The monoisotopic (exact) mass is 266 g/mol. The number of aromatic nitrogens is 1. The van der Waals surface area contributed by atoms with Crippen molar-refractivity contribution in [3.05, 3.63) is 65.0 Å². The molecule has 4 nitrogen and oxygen atoms in total. The van der Waals surface area contributed by atoms with Gasteiger partial charge in [-0.1, -0.05) is 18.2 Å². The van der Waals surface area contributed by atoms with Crippen molar-refractivity contribution in [2.45, 2.75) is 0 Å². The molecule has 2 aromatic carbocycles. The highest BCUT2D eigenvalue weighted by Crippen LogP contribution is 2.19. The first-order valence-corrected chi connectivity index (χ1v) is 6.29. The molecule has 0 aliphatic carbocycles. The van der Waals surface area contributed by atoms with Gasteiger partial charge in [0.2, 0.25) is 0 Å². The topological polar surface area (TPSA) is 54.1 Å². The van der Waals surface area contributed by atoms with Crippen LogP contribution >= 0.6 is 0 Å². The molecule has 0 aliphatic rings. The van der Waals surface area contributed by atoms with Crippen LogP contribution in [0.15, 0.2) is 59.4 Å². The zero-order chi connectivity index (χ0) is 13.9. The van der Waals surface area contributed by atoms with Gasteiger partial charge in [-0.25, -0.2) is 0 Å². The van der Waals surface area contributed by atoms with E-state index in [9.17, 15) is 4.79 Å². The third kappa shape index (κ3) is 2.36. The predicted molar refractivity (Wildman–Crippen MR) is 80.8 cm³/mol. The van der Waals surface area contributed by atoms with E-state index in [0.717, 1.165) is 22.3 Å². The molecule has 0 atom stereocenters.